The second-order valence-corrected chi connectivity index (χ2v) is 7.71. The molecule has 0 saturated heterocycles. The quantitative estimate of drug-likeness (QED) is 0.571. The summed E-state index contributed by atoms with van der Waals surface area (Å²) in [7, 11) is -8.88. The predicted molar refractivity (Wildman–Crippen MR) is 88.3 cm³/mol. The number of hydrogen-bond donors (Lipinski definition) is 0. The normalized spacial score (nSPS) is 11.7. The number of hydrogen-bond acceptors (Lipinski definition) is 9. The van der Waals surface area contributed by atoms with Gasteiger partial charge in [0.05, 0.1) is 6.20 Å². The number of benzene rings is 2. The van der Waals surface area contributed by atoms with Crippen molar-refractivity contribution in [3.8, 4) is 11.5 Å². The molecule has 0 aliphatic rings. The highest BCUT2D eigenvalue weighted by Gasteiger charge is 2.26. The van der Waals surface area contributed by atoms with Gasteiger partial charge >= 0.3 is 25.4 Å². The van der Waals surface area contributed by atoms with Crippen molar-refractivity contribution in [2.45, 2.75) is 10.2 Å². The lowest BCUT2D eigenvalue weighted by molar-refractivity contribution is 0.466. The first-order chi connectivity index (χ1) is 12.4. The molecule has 0 amide bonds. The Morgan fingerprint density at radius 2 is 1.19 bits per heavy atom. The molecule has 9 nitrogen and oxygen atoms in total. The van der Waals surface area contributed by atoms with E-state index in [1.54, 1.807) is 36.4 Å². The lowest BCUT2D eigenvalue weighted by atomic mass is 10.3. The summed E-state index contributed by atoms with van der Waals surface area (Å²) in [6, 6.07) is 15.3. The summed E-state index contributed by atoms with van der Waals surface area (Å²) >= 11 is 0. The average Bonchev–Trinajstić information content (AvgIpc) is 2.63. The second-order valence-electron chi connectivity index (χ2n) is 4.78. The molecule has 0 N–H and O–H groups in total. The molecule has 0 fully saturated rings. The Hall–Kier alpha value is -3.05. The molecule has 134 valence electrons. The smallest absolute Gasteiger partial charge is 0.377 e. The number of nitrogens with zero attached hydrogens (tertiary/aromatic N) is 3. The lowest BCUT2D eigenvalue weighted by Crippen LogP contribution is -2.18. The highest BCUT2D eigenvalue weighted by Crippen LogP contribution is 2.18. The van der Waals surface area contributed by atoms with E-state index in [-0.39, 0.29) is 11.5 Å². The van der Waals surface area contributed by atoms with Crippen LogP contribution in [0.2, 0.25) is 0 Å². The molecule has 0 spiro atoms. The van der Waals surface area contributed by atoms with Crippen molar-refractivity contribution >= 4 is 20.2 Å². The third kappa shape index (κ3) is 4.13. The van der Waals surface area contributed by atoms with Crippen molar-refractivity contribution in [3.05, 3.63) is 66.9 Å². The summed E-state index contributed by atoms with van der Waals surface area (Å²) in [5.74, 6) is 0.0564. The molecule has 0 aliphatic heterocycles. The van der Waals surface area contributed by atoms with Gasteiger partial charge in [0, 0.05) is 0 Å². The van der Waals surface area contributed by atoms with Crippen LogP contribution in [0.25, 0.3) is 0 Å². The zero-order valence-electron chi connectivity index (χ0n) is 13.0. The van der Waals surface area contributed by atoms with E-state index in [1.165, 1.54) is 24.3 Å². The fraction of sp³-hybridized carbons (Fsp3) is 0. The molecule has 0 bridgehead atoms. The Morgan fingerprint density at radius 1 is 0.692 bits per heavy atom. The number of aromatic nitrogens is 3. The molecule has 0 atom stereocenters. The molecular weight excluding hydrogens is 382 g/mol. The molecule has 11 heteroatoms. The van der Waals surface area contributed by atoms with Gasteiger partial charge in [-0.25, -0.2) is 0 Å². The van der Waals surface area contributed by atoms with Crippen LogP contribution in [0.4, 0.5) is 0 Å². The molecule has 0 unspecified atom stereocenters. The lowest BCUT2D eigenvalue weighted by Gasteiger charge is -2.07. The fourth-order valence-electron chi connectivity index (χ4n) is 1.78. The summed E-state index contributed by atoms with van der Waals surface area (Å²) < 4.78 is 58.7. The molecule has 1 aromatic heterocycles. The van der Waals surface area contributed by atoms with Crippen molar-refractivity contribution in [2.24, 2.45) is 0 Å². The minimum absolute atomic E-state index is 0.0184. The molecule has 0 radical (unpaired) electrons. The zero-order valence-corrected chi connectivity index (χ0v) is 14.6. The van der Waals surface area contributed by atoms with Crippen molar-refractivity contribution in [3.63, 3.8) is 0 Å². The Morgan fingerprint density at radius 3 is 1.73 bits per heavy atom. The van der Waals surface area contributed by atoms with Gasteiger partial charge in [-0.15, -0.1) is 5.10 Å². The zero-order chi connectivity index (χ0) is 18.6. The minimum atomic E-state index is -4.47. The Bertz CT molecular complexity index is 1020. The van der Waals surface area contributed by atoms with Crippen molar-refractivity contribution in [2.75, 3.05) is 0 Å². The van der Waals surface area contributed by atoms with Crippen LogP contribution in [0.15, 0.2) is 77.0 Å². The first-order valence-electron chi connectivity index (χ1n) is 7.06. The van der Waals surface area contributed by atoms with Crippen LogP contribution in [0, 0.1) is 0 Å². The van der Waals surface area contributed by atoms with Gasteiger partial charge in [0.25, 0.3) is 0 Å². The topological polar surface area (TPSA) is 125 Å². The summed E-state index contributed by atoms with van der Waals surface area (Å²) in [6.45, 7) is 0. The monoisotopic (exact) mass is 393 g/mol. The van der Waals surface area contributed by atoms with Gasteiger partial charge < -0.3 is 8.37 Å². The number of rotatable bonds is 6. The van der Waals surface area contributed by atoms with Crippen molar-refractivity contribution in [1.29, 1.82) is 0 Å². The van der Waals surface area contributed by atoms with Crippen LogP contribution < -0.4 is 8.37 Å². The van der Waals surface area contributed by atoms with E-state index in [9.17, 15) is 16.8 Å². The Labute approximate surface area is 149 Å². The van der Waals surface area contributed by atoms with E-state index < -0.39 is 30.4 Å². The van der Waals surface area contributed by atoms with Gasteiger partial charge in [-0.2, -0.15) is 26.9 Å². The molecule has 1 heterocycles. The molecule has 2 aromatic carbocycles. The predicted octanol–water partition coefficient (Wildman–Crippen LogP) is 1.41. The maximum Gasteiger partial charge on any atom is 0.377 e. The van der Waals surface area contributed by atoms with E-state index in [4.69, 9.17) is 8.37 Å². The van der Waals surface area contributed by atoms with Gasteiger partial charge in [0.2, 0.25) is 5.03 Å². The summed E-state index contributed by atoms with van der Waals surface area (Å²) in [4.78, 5) is 3.51. The maximum absolute atomic E-state index is 12.3. The van der Waals surface area contributed by atoms with E-state index in [2.05, 4.69) is 15.2 Å². The van der Waals surface area contributed by atoms with Crippen LogP contribution in [0.1, 0.15) is 0 Å². The maximum atomic E-state index is 12.3. The molecule has 26 heavy (non-hydrogen) atoms. The van der Waals surface area contributed by atoms with E-state index in [0.29, 0.717) is 0 Å². The summed E-state index contributed by atoms with van der Waals surface area (Å²) in [5.41, 5.74) is 0. The van der Waals surface area contributed by atoms with E-state index in [1.807, 2.05) is 0 Å². The van der Waals surface area contributed by atoms with Gasteiger partial charge in [-0.05, 0) is 24.3 Å². The van der Waals surface area contributed by atoms with Gasteiger partial charge in [0.1, 0.15) is 11.5 Å². The van der Waals surface area contributed by atoms with E-state index in [0.717, 1.165) is 6.20 Å². The highest BCUT2D eigenvalue weighted by atomic mass is 32.2. The molecule has 0 saturated carbocycles. The van der Waals surface area contributed by atoms with Crippen LogP contribution >= 0.6 is 0 Å². The standard InChI is InChI=1S/C15H11N3O6S2/c19-25(20,23-12-7-3-1-4-8-12)14-11-16-18-15(17-14)26(21,22)24-13-9-5-2-6-10-13/h1-11H. The Balaban J connectivity index is 1.90. The van der Waals surface area contributed by atoms with Gasteiger partial charge in [0.15, 0.2) is 0 Å². The molecule has 3 rings (SSSR count). The summed E-state index contributed by atoms with van der Waals surface area (Å²) in [5, 5.41) is 5.08. The van der Waals surface area contributed by atoms with Crippen LogP contribution in [0.5, 0.6) is 11.5 Å². The highest BCUT2D eigenvalue weighted by molar-refractivity contribution is 7.87. The first-order valence-corrected chi connectivity index (χ1v) is 9.87. The third-order valence-electron chi connectivity index (χ3n) is 2.90. The molecule has 3 aromatic rings. The second kappa shape index (κ2) is 7.06. The van der Waals surface area contributed by atoms with Gasteiger partial charge in [-0.1, -0.05) is 36.4 Å². The molecular formula is C15H11N3O6S2. The van der Waals surface area contributed by atoms with Gasteiger partial charge in [-0.3, -0.25) is 0 Å². The van der Waals surface area contributed by atoms with Crippen LogP contribution in [-0.4, -0.2) is 32.0 Å². The van der Waals surface area contributed by atoms with Crippen molar-refractivity contribution in [1.82, 2.24) is 15.2 Å². The molecule has 0 aliphatic carbocycles. The third-order valence-corrected chi connectivity index (χ3v) is 5.05. The fourth-order valence-corrected chi connectivity index (χ4v) is 3.46. The van der Waals surface area contributed by atoms with Crippen molar-refractivity contribution < 1.29 is 25.2 Å². The summed E-state index contributed by atoms with van der Waals surface area (Å²) in [6.07, 6.45) is 0.778. The number of para-hydroxylation sites is 2. The van der Waals surface area contributed by atoms with Crippen LogP contribution in [0.3, 0.4) is 0 Å². The van der Waals surface area contributed by atoms with Crippen LogP contribution in [-0.2, 0) is 20.2 Å². The first kappa shape index (κ1) is 17.8. The largest absolute Gasteiger partial charge is 0.378 e. The SMILES string of the molecule is O=S(=O)(Oc1ccccc1)c1cnnc(S(=O)(=O)Oc2ccccc2)n1. The minimum Gasteiger partial charge on any atom is -0.378 e. The Kier molecular flexibility index (Phi) is 4.82. The average molecular weight is 393 g/mol. The van der Waals surface area contributed by atoms with E-state index >= 15 is 0 Å².